The lowest BCUT2D eigenvalue weighted by molar-refractivity contribution is 0.0955. The number of nitrogens with zero attached hydrogens (tertiary/aromatic N) is 2. The maximum Gasteiger partial charge on any atom is 0.271 e. The van der Waals surface area contributed by atoms with Crippen LogP contribution in [-0.2, 0) is 13.2 Å². The molecule has 0 spiro atoms. The monoisotopic (exact) mass is 790 g/mol. The van der Waals surface area contributed by atoms with Crippen LogP contribution in [0.4, 0.5) is 10.8 Å². The zero-order chi connectivity index (χ0) is 37.0. The highest BCUT2D eigenvalue weighted by molar-refractivity contribution is 9.10. The number of hydrogen-bond acceptors (Lipinski definition) is 9. The Morgan fingerprint density at radius 1 is 0.792 bits per heavy atom. The maximum absolute atomic E-state index is 12.9. The van der Waals surface area contributed by atoms with E-state index in [4.69, 9.17) is 23.9 Å². The molecule has 0 aliphatic rings. The Balaban J connectivity index is 1.05. The molecule has 6 aromatic rings. The summed E-state index contributed by atoms with van der Waals surface area (Å²) in [4.78, 5) is 17.6. The average molecular weight is 792 g/mol. The topological polar surface area (TPSA) is 103 Å². The number of hydrazone groups is 1. The predicted octanol–water partition coefficient (Wildman–Crippen LogP) is 10.3. The number of benzene rings is 5. The zero-order valence-corrected chi connectivity index (χ0v) is 32.0. The lowest BCUT2D eigenvalue weighted by Crippen LogP contribution is -2.17. The minimum Gasteiger partial charge on any atom is -0.490 e. The van der Waals surface area contributed by atoms with Crippen molar-refractivity contribution in [1.82, 2.24) is 10.4 Å². The molecule has 0 saturated carbocycles. The number of rotatable bonds is 16. The van der Waals surface area contributed by atoms with E-state index in [1.807, 2.05) is 104 Å². The molecule has 5 aromatic carbocycles. The van der Waals surface area contributed by atoms with Crippen LogP contribution >= 0.6 is 27.3 Å². The number of thiazole rings is 1. The molecule has 0 bridgehead atoms. The van der Waals surface area contributed by atoms with Gasteiger partial charge in [0.15, 0.2) is 28.1 Å². The Morgan fingerprint density at radius 2 is 1.53 bits per heavy atom. The smallest absolute Gasteiger partial charge is 0.271 e. The molecule has 0 radical (unpaired) electrons. The normalized spacial score (nSPS) is 10.9. The van der Waals surface area contributed by atoms with Crippen LogP contribution in [0.2, 0.25) is 0 Å². The van der Waals surface area contributed by atoms with Crippen LogP contribution in [0.5, 0.6) is 23.0 Å². The van der Waals surface area contributed by atoms with Gasteiger partial charge < -0.3 is 24.3 Å². The number of ether oxygens (including phenoxy) is 4. The van der Waals surface area contributed by atoms with Crippen LogP contribution in [0.25, 0.3) is 11.3 Å². The minimum atomic E-state index is -0.334. The summed E-state index contributed by atoms with van der Waals surface area (Å²) in [6, 6.07) is 34.9. The van der Waals surface area contributed by atoms with Crippen molar-refractivity contribution in [3.05, 3.63) is 147 Å². The van der Waals surface area contributed by atoms with Crippen molar-refractivity contribution in [3.63, 3.8) is 0 Å². The largest absolute Gasteiger partial charge is 0.490 e. The van der Waals surface area contributed by atoms with E-state index in [2.05, 4.69) is 50.8 Å². The fraction of sp³-hybridized carbons (Fsp3) is 0.167. The second-order valence-corrected chi connectivity index (χ2v) is 13.6. The summed E-state index contributed by atoms with van der Waals surface area (Å²) < 4.78 is 24.8. The Labute approximate surface area is 321 Å². The van der Waals surface area contributed by atoms with Gasteiger partial charge in [-0.05, 0) is 102 Å². The number of nitrogens with one attached hydrogen (secondary N) is 2. The van der Waals surface area contributed by atoms with E-state index >= 15 is 0 Å². The van der Waals surface area contributed by atoms with E-state index in [0.29, 0.717) is 58.4 Å². The summed E-state index contributed by atoms with van der Waals surface area (Å²) in [7, 11) is 0. The Kier molecular flexibility index (Phi) is 12.8. The fourth-order valence-corrected chi connectivity index (χ4v) is 6.55. The number of carbonyl (C=O) groups excluding carboxylic acids is 1. The first-order valence-corrected chi connectivity index (χ1v) is 18.8. The second kappa shape index (κ2) is 18.2. The molecule has 0 saturated heterocycles. The van der Waals surface area contributed by atoms with Crippen molar-refractivity contribution in [2.75, 3.05) is 18.5 Å². The van der Waals surface area contributed by atoms with Crippen molar-refractivity contribution in [1.29, 1.82) is 0 Å². The zero-order valence-electron chi connectivity index (χ0n) is 29.6. The molecule has 0 aliphatic heterocycles. The molecule has 11 heteroatoms. The second-order valence-electron chi connectivity index (χ2n) is 11.8. The summed E-state index contributed by atoms with van der Waals surface area (Å²) in [5.41, 5.74) is 9.69. The lowest BCUT2D eigenvalue weighted by atomic mass is 10.1. The molecule has 6 rings (SSSR count). The first kappa shape index (κ1) is 37.1. The molecule has 1 heterocycles. The Hall–Kier alpha value is -5.65. The van der Waals surface area contributed by atoms with E-state index in [1.54, 1.807) is 18.3 Å². The molecule has 1 amide bonds. The van der Waals surface area contributed by atoms with Gasteiger partial charge in [0.2, 0.25) is 0 Å². The predicted molar refractivity (Wildman–Crippen MR) is 215 cm³/mol. The molecule has 9 nitrogen and oxygen atoms in total. The number of halogens is 1. The van der Waals surface area contributed by atoms with Crippen molar-refractivity contribution in [2.45, 2.75) is 34.0 Å². The summed E-state index contributed by atoms with van der Waals surface area (Å²) >= 11 is 5.16. The number of aromatic nitrogens is 1. The third-order valence-electron chi connectivity index (χ3n) is 7.89. The van der Waals surface area contributed by atoms with E-state index in [-0.39, 0.29) is 12.5 Å². The van der Waals surface area contributed by atoms with Crippen molar-refractivity contribution in [2.24, 2.45) is 5.10 Å². The number of anilines is 2. The highest BCUT2D eigenvalue weighted by Crippen LogP contribution is 2.38. The SMILES string of the molecule is CCOc1cc(COc2c(Br)cc(/C=N/NC(=O)c3ccc(-c4csc(Nc5ccc(C)cc5)n4)cc3)cc2OCC)ccc1OCc1ccccc1. The van der Waals surface area contributed by atoms with Crippen LogP contribution < -0.4 is 29.7 Å². The van der Waals surface area contributed by atoms with Crippen molar-refractivity contribution >= 4 is 50.2 Å². The highest BCUT2D eigenvalue weighted by atomic mass is 79.9. The molecule has 53 heavy (non-hydrogen) atoms. The third kappa shape index (κ3) is 10.2. The molecule has 1 aromatic heterocycles. The third-order valence-corrected chi connectivity index (χ3v) is 9.24. The maximum atomic E-state index is 12.9. The standard InChI is InChI=1S/C42H39BrN4O5S/c1-4-49-38-22-30(13-20-37(38)51-25-29-9-7-6-8-10-29)26-52-40-35(43)21-31(23-39(40)50-5-2)24-44-47-41(48)33-16-14-32(15-17-33)36-27-53-42(46-36)45-34-18-11-28(3)12-19-34/h6-24,27H,4-5,25-26H2,1-3H3,(H,45,46)(H,47,48)/b44-24+. The van der Waals surface area contributed by atoms with Crippen LogP contribution in [0.15, 0.2) is 124 Å². The number of aryl methyl sites for hydroxylation is 1. The van der Waals surface area contributed by atoms with Gasteiger partial charge in [0.1, 0.15) is 13.2 Å². The van der Waals surface area contributed by atoms with E-state index in [1.165, 1.54) is 16.9 Å². The Bertz CT molecular complexity index is 2160. The minimum absolute atomic E-state index is 0.272. The molecule has 2 N–H and O–H groups in total. The van der Waals surface area contributed by atoms with Gasteiger partial charge in [-0.15, -0.1) is 11.3 Å². The average Bonchev–Trinajstić information content (AvgIpc) is 3.64. The van der Waals surface area contributed by atoms with Crippen molar-refractivity contribution in [3.8, 4) is 34.3 Å². The number of hydrogen-bond donors (Lipinski definition) is 2. The van der Waals surface area contributed by atoms with Gasteiger partial charge in [0, 0.05) is 22.2 Å². The first-order valence-electron chi connectivity index (χ1n) is 17.1. The van der Waals surface area contributed by atoms with E-state index < -0.39 is 0 Å². The highest BCUT2D eigenvalue weighted by Gasteiger charge is 2.15. The fourth-order valence-electron chi connectivity index (χ4n) is 5.23. The molecular weight excluding hydrogens is 752 g/mol. The van der Waals surface area contributed by atoms with Crippen molar-refractivity contribution < 1.29 is 23.7 Å². The quantitative estimate of drug-likeness (QED) is 0.0743. The van der Waals surface area contributed by atoms with Gasteiger partial charge in [-0.3, -0.25) is 4.79 Å². The molecular formula is C42H39BrN4O5S. The summed E-state index contributed by atoms with van der Waals surface area (Å²) in [5.74, 6) is 2.07. The molecule has 0 unspecified atom stereocenters. The van der Waals surface area contributed by atoms with E-state index in [9.17, 15) is 4.79 Å². The van der Waals surface area contributed by atoms with Crippen LogP contribution in [0.3, 0.4) is 0 Å². The number of carbonyl (C=O) groups is 1. The van der Waals surface area contributed by atoms with Crippen LogP contribution in [0, 0.1) is 6.92 Å². The van der Waals surface area contributed by atoms with Crippen LogP contribution in [-0.4, -0.2) is 30.3 Å². The first-order chi connectivity index (χ1) is 25.9. The lowest BCUT2D eigenvalue weighted by Gasteiger charge is -2.16. The Morgan fingerprint density at radius 3 is 2.28 bits per heavy atom. The molecule has 0 atom stereocenters. The summed E-state index contributed by atoms with van der Waals surface area (Å²) in [6.45, 7) is 7.55. The van der Waals surface area contributed by atoms with E-state index in [0.717, 1.165) is 33.2 Å². The van der Waals surface area contributed by atoms with Gasteiger partial charge in [-0.1, -0.05) is 66.2 Å². The van der Waals surface area contributed by atoms with Gasteiger partial charge in [0.05, 0.1) is 29.6 Å². The van der Waals surface area contributed by atoms with Gasteiger partial charge >= 0.3 is 0 Å². The number of amides is 1. The summed E-state index contributed by atoms with van der Waals surface area (Å²) in [5, 5.41) is 10.3. The molecule has 0 aliphatic carbocycles. The molecule has 270 valence electrons. The van der Waals surface area contributed by atoms with Gasteiger partial charge in [-0.25, -0.2) is 10.4 Å². The van der Waals surface area contributed by atoms with Gasteiger partial charge in [-0.2, -0.15) is 5.10 Å². The summed E-state index contributed by atoms with van der Waals surface area (Å²) in [6.07, 6.45) is 1.56. The molecule has 0 fully saturated rings. The van der Waals surface area contributed by atoms with Crippen LogP contribution in [0.1, 0.15) is 46.5 Å². The van der Waals surface area contributed by atoms with Gasteiger partial charge in [0.25, 0.3) is 5.91 Å².